The van der Waals surface area contributed by atoms with Gasteiger partial charge in [-0.3, -0.25) is 0 Å². The van der Waals surface area contributed by atoms with E-state index in [9.17, 15) is 0 Å². The summed E-state index contributed by atoms with van der Waals surface area (Å²) in [6.07, 6.45) is 4.42. The van der Waals surface area contributed by atoms with Crippen LogP contribution >= 0.6 is 0 Å². The van der Waals surface area contributed by atoms with E-state index in [2.05, 4.69) is 0 Å². The molecular weight excluding hydrogens is 247 g/mol. The first-order valence-corrected chi connectivity index (χ1v) is 8.38. The molecule has 0 heterocycles. The molecule has 0 aliphatic carbocycles. The molecule has 0 atom stereocenters. The van der Waals surface area contributed by atoms with Gasteiger partial charge in [0.15, 0.2) is 0 Å². The van der Waals surface area contributed by atoms with Gasteiger partial charge in [0.25, 0.3) is 0 Å². The summed E-state index contributed by atoms with van der Waals surface area (Å²) in [4.78, 5) is 0. The van der Waals surface area contributed by atoms with Crippen molar-refractivity contribution in [3.05, 3.63) is 0 Å². The number of aliphatic hydroxyl groups is 2. The van der Waals surface area contributed by atoms with Crippen LogP contribution in [0.2, 0.25) is 8.87 Å². The molecule has 0 amide bonds. The molecule has 0 aliphatic rings. The van der Waals surface area contributed by atoms with Crippen molar-refractivity contribution in [1.29, 1.82) is 0 Å². The molecule has 0 rings (SSSR count). The monoisotopic (exact) mass is 266 g/mol. The Kier molecular flexibility index (Phi) is 11.4. The van der Waals surface area contributed by atoms with Crippen molar-refractivity contribution in [2.45, 2.75) is 34.6 Å². The summed E-state index contributed by atoms with van der Waals surface area (Å²) in [6.45, 7) is 0.714. The van der Waals surface area contributed by atoms with Gasteiger partial charge in [0.05, 0.1) is 0 Å². The van der Waals surface area contributed by atoms with Crippen molar-refractivity contribution in [2.75, 3.05) is 13.2 Å². The molecule has 2 nitrogen and oxygen atoms in total. The van der Waals surface area contributed by atoms with Gasteiger partial charge in [0.2, 0.25) is 0 Å². The van der Waals surface area contributed by atoms with Crippen LogP contribution in [0, 0.1) is 0 Å². The van der Waals surface area contributed by atoms with Crippen molar-refractivity contribution in [3.8, 4) is 0 Å². The van der Waals surface area contributed by atoms with Gasteiger partial charge >= 0.3 is 79.1 Å². The van der Waals surface area contributed by atoms with Gasteiger partial charge in [0.1, 0.15) is 0 Å². The van der Waals surface area contributed by atoms with Gasteiger partial charge in [-0.2, -0.15) is 0 Å². The normalized spacial score (nSPS) is 10.4. The second-order valence-electron chi connectivity index (χ2n) is 2.61. The summed E-state index contributed by atoms with van der Waals surface area (Å²) in [5.41, 5.74) is 0. The average molecular weight is 265 g/mol. The molecule has 0 aromatic rings. The van der Waals surface area contributed by atoms with E-state index < -0.39 is 0 Å². The van der Waals surface area contributed by atoms with Crippen LogP contribution in [0.15, 0.2) is 0 Å². The first-order valence-electron chi connectivity index (χ1n) is 4.34. The molecule has 0 bridgehead atoms. The maximum atomic E-state index is 8.49. The summed E-state index contributed by atoms with van der Waals surface area (Å²) in [5.74, 6) is 0. The van der Waals surface area contributed by atoms with Gasteiger partial charge in [-0.05, 0) is 0 Å². The van der Waals surface area contributed by atoms with Crippen LogP contribution in [0.1, 0.15) is 25.7 Å². The molecule has 0 aliphatic heterocycles. The van der Waals surface area contributed by atoms with E-state index >= 15 is 0 Å². The third kappa shape index (κ3) is 10.7. The van der Waals surface area contributed by atoms with Crippen molar-refractivity contribution in [3.63, 3.8) is 0 Å². The molecule has 0 aromatic heterocycles. The fourth-order valence-corrected chi connectivity index (χ4v) is 4.42. The molecule has 66 valence electrons. The van der Waals surface area contributed by atoms with E-state index in [0.29, 0.717) is 13.2 Å². The minimum atomic E-state index is -0.0983. The van der Waals surface area contributed by atoms with E-state index in [-0.39, 0.29) is 21.1 Å². The molecule has 2 radical (unpaired) electrons. The zero-order valence-electron chi connectivity index (χ0n) is 7.05. The van der Waals surface area contributed by atoms with Gasteiger partial charge < -0.3 is 0 Å². The first kappa shape index (κ1) is 11.7. The number of rotatable bonds is 8. The number of aliphatic hydroxyl groups excluding tert-OH is 2. The summed E-state index contributed by atoms with van der Waals surface area (Å²) < 4.78 is 2.80. The van der Waals surface area contributed by atoms with E-state index in [1.807, 2.05) is 0 Å². The van der Waals surface area contributed by atoms with E-state index in [4.69, 9.17) is 10.2 Å². The predicted octanol–water partition coefficient (Wildman–Crippen LogP) is 1.07. The SMILES string of the molecule is OCCC[CH2][Sn][CH2]CCCO. The Balaban J connectivity index is 2.69. The third-order valence-corrected chi connectivity index (χ3v) is 5.56. The molecule has 0 saturated heterocycles. The summed E-state index contributed by atoms with van der Waals surface area (Å²) in [6, 6.07) is 0. The zero-order chi connectivity index (χ0) is 8.36. The fourth-order valence-electron chi connectivity index (χ4n) is 0.849. The Hall–Kier alpha value is 0.719. The molecular formula is C8H18O2Sn. The Morgan fingerprint density at radius 2 is 1.18 bits per heavy atom. The van der Waals surface area contributed by atoms with Gasteiger partial charge in [-0.1, -0.05) is 0 Å². The van der Waals surface area contributed by atoms with Crippen LogP contribution in [-0.2, 0) is 0 Å². The van der Waals surface area contributed by atoms with Crippen LogP contribution in [0.25, 0.3) is 0 Å². The Bertz CT molecular complexity index is 61.1. The number of hydrogen-bond acceptors (Lipinski definition) is 2. The topological polar surface area (TPSA) is 40.5 Å². The van der Waals surface area contributed by atoms with Gasteiger partial charge in [0, 0.05) is 0 Å². The molecule has 0 saturated carbocycles. The van der Waals surface area contributed by atoms with Crippen LogP contribution in [0.5, 0.6) is 0 Å². The predicted molar refractivity (Wildman–Crippen MR) is 48.0 cm³/mol. The zero-order valence-corrected chi connectivity index (χ0v) is 9.91. The maximum absolute atomic E-state index is 8.49. The second kappa shape index (κ2) is 10.7. The van der Waals surface area contributed by atoms with Crippen LogP contribution in [0.4, 0.5) is 0 Å². The standard InChI is InChI=1S/2C4H9O.Sn/c2*1-2-3-4-5;/h2*5H,1-4H2;. The van der Waals surface area contributed by atoms with Crippen molar-refractivity contribution < 1.29 is 10.2 Å². The van der Waals surface area contributed by atoms with Crippen LogP contribution in [0.3, 0.4) is 0 Å². The quantitative estimate of drug-likeness (QED) is 0.509. The second-order valence-corrected chi connectivity index (χ2v) is 6.89. The van der Waals surface area contributed by atoms with Crippen LogP contribution < -0.4 is 0 Å². The Morgan fingerprint density at radius 1 is 0.727 bits per heavy atom. The molecule has 2 N–H and O–H groups in total. The van der Waals surface area contributed by atoms with Crippen molar-refractivity contribution in [1.82, 2.24) is 0 Å². The Labute approximate surface area is 79.2 Å². The number of unbranched alkanes of at least 4 members (excludes halogenated alkanes) is 2. The fraction of sp³-hybridized carbons (Fsp3) is 1.00. The average Bonchev–Trinajstić information content (AvgIpc) is 2.03. The molecule has 0 spiro atoms. The first-order chi connectivity index (χ1) is 5.41. The van der Waals surface area contributed by atoms with Crippen LogP contribution in [-0.4, -0.2) is 44.6 Å². The van der Waals surface area contributed by atoms with Gasteiger partial charge in [-0.15, -0.1) is 0 Å². The molecule has 3 heteroatoms. The molecule has 0 fully saturated rings. The Morgan fingerprint density at radius 3 is 1.55 bits per heavy atom. The van der Waals surface area contributed by atoms with E-state index in [0.717, 1.165) is 12.8 Å². The van der Waals surface area contributed by atoms with Crippen molar-refractivity contribution >= 4 is 21.1 Å². The van der Waals surface area contributed by atoms with Crippen molar-refractivity contribution in [2.24, 2.45) is 0 Å². The molecule has 11 heavy (non-hydrogen) atoms. The van der Waals surface area contributed by atoms with Gasteiger partial charge in [-0.25, -0.2) is 0 Å². The molecule has 0 aromatic carbocycles. The summed E-state index contributed by atoms with van der Waals surface area (Å²) >= 11 is -0.0983. The van der Waals surface area contributed by atoms with E-state index in [1.165, 1.54) is 21.7 Å². The number of hydrogen-bond donors (Lipinski definition) is 2. The summed E-state index contributed by atoms with van der Waals surface area (Å²) in [7, 11) is 0. The van der Waals surface area contributed by atoms with E-state index in [1.54, 1.807) is 0 Å². The third-order valence-electron chi connectivity index (χ3n) is 1.52. The minimum absolute atomic E-state index is 0.0983. The summed E-state index contributed by atoms with van der Waals surface area (Å²) in [5, 5.41) is 17.0. The molecule has 0 unspecified atom stereocenters.